The molecule has 0 bridgehead atoms. The van der Waals surface area contributed by atoms with E-state index in [1.54, 1.807) is 0 Å². The summed E-state index contributed by atoms with van der Waals surface area (Å²) in [5.41, 5.74) is 26.3. The van der Waals surface area contributed by atoms with Crippen LogP contribution in [0.3, 0.4) is 0 Å². The number of para-hydroxylation sites is 1. The smallest absolute Gasteiger partial charge is 0.252 e. The highest BCUT2D eigenvalue weighted by Gasteiger charge is 2.45. The fourth-order valence-corrected chi connectivity index (χ4v) is 12.9. The Morgan fingerprint density at radius 1 is 0.378 bits per heavy atom. The fraction of sp³-hybridized carbons (Fsp3) is 0.211. The van der Waals surface area contributed by atoms with Crippen LogP contribution in [0.25, 0.3) is 66.4 Å². The van der Waals surface area contributed by atoms with Gasteiger partial charge in [0.2, 0.25) is 0 Å². The SMILES string of the molecule is Cc1cc2c3c(c1)N(c1ccc(C(C)(C)C)cc1-c1ccccc1)c1cc4c(cc1B3c1ccc(-c3ccc5c(c3)oc3ccccc35)cc1N2c1cc(-c2ccc(C(C)(C)C)cc2)cc(-c2ccc(C(C)(C)C)cc2)c1)OCCCO4. The van der Waals surface area contributed by atoms with E-state index in [-0.39, 0.29) is 23.0 Å². The Morgan fingerprint density at radius 2 is 0.927 bits per heavy atom. The third kappa shape index (κ3) is 8.86. The molecule has 0 atom stereocenters. The standard InChI is InChI=1S/C76H69BN2O3/c1-47-37-67-73-68(38-47)79(64-34-31-57(76(8,9)10)44-61(64)50-17-12-11-13-18-50)66-46-72-71(80-35-16-36-81-72)45-63(66)77(73)62-33-26-51(52-25-32-60-59-19-14-15-20-69(59)82-70(60)43-52)42-65(62)78(67)58-40-53(48-21-27-55(28-22-48)74(2,3)4)39-54(41-58)49-23-29-56(30-24-49)75(5,6)7/h11-15,17-34,37-46H,16,35-36H2,1-10H3. The molecule has 5 nitrogen and oxygen atoms in total. The van der Waals surface area contributed by atoms with E-state index in [2.05, 4.69) is 273 Å². The van der Waals surface area contributed by atoms with E-state index in [4.69, 9.17) is 13.9 Å². The monoisotopic (exact) mass is 1070 g/mol. The highest BCUT2D eigenvalue weighted by atomic mass is 16.5. The van der Waals surface area contributed by atoms with Gasteiger partial charge in [-0.25, -0.2) is 0 Å². The van der Waals surface area contributed by atoms with Gasteiger partial charge >= 0.3 is 0 Å². The summed E-state index contributed by atoms with van der Waals surface area (Å²) in [5.74, 6) is 1.56. The summed E-state index contributed by atoms with van der Waals surface area (Å²) in [6, 6.07) is 75.3. The van der Waals surface area contributed by atoms with Crippen molar-refractivity contribution in [3.8, 4) is 56.0 Å². The third-order valence-corrected chi connectivity index (χ3v) is 17.3. The molecule has 6 heteroatoms. The summed E-state index contributed by atoms with van der Waals surface area (Å²) in [6.07, 6.45) is 0.811. The lowest BCUT2D eigenvalue weighted by atomic mass is 9.33. The molecule has 0 saturated carbocycles. The summed E-state index contributed by atoms with van der Waals surface area (Å²) in [5, 5.41) is 2.24. The molecule has 0 saturated heterocycles. The van der Waals surface area contributed by atoms with Crippen LogP contribution in [0.1, 0.15) is 91.0 Å². The molecule has 0 N–H and O–H groups in total. The van der Waals surface area contributed by atoms with Gasteiger partial charge in [-0.3, -0.25) is 0 Å². The lowest BCUT2D eigenvalue weighted by molar-refractivity contribution is 0.297. The molecule has 82 heavy (non-hydrogen) atoms. The van der Waals surface area contributed by atoms with Gasteiger partial charge in [-0.2, -0.15) is 0 Å². The molecule has 4 heterocycles. The summed E-state index contributed by atoms with van der Waals surface area (Å²) in [6.45, 7) is 23.9. The first kappa shape index (κ1) is 51.4. The molecule has 0 radical (unpaired) electrons. The van der Waals surface area contributed by atoms with Gasteiger partial charge in [0, 0.05) is 57.3 Å². The number of hydrogen-bond donors (Lipinski definition) is 0. The van der Waals surface area contributed by atoms with Crippen molar-refractivity contribution in [1.82, 2.24) is 0 Å². The van der Waals surface area contributed by atoms with Crippen molar-refractivity contribution < 1.29 is 13.9 Å². The summed E-state index contributed by atoms with van der Waals surface area (Å²) in [4.78, 5) is 5.12. The predicted molar refractivity (Wildman–Crippen MR) is 346 cm³/mol. The van der Waals surface area contributed by atoms with E-state index in [1.165, 1.54) is 55.3 Å². The predicted octanol–water partition coefficient (Wildman–Crippen LogP) is 18.7. The number of nitrogens with zero attached hydrogens (tertiary/aromatic N) is 2. The molecular formula is C76H69BN2O3. The summed E-state index contributed by atoms with van der Waals surface area (Å²) in [7, 11) is 0. The molecule has 0 fully saturated rings. The van der Waals surface area contributed by atoms with E-state index < -0.39 is 0 Å². The molecule has 11 aromatic rings. The highest BCUT2D eigenvalue weighted by molar-refractivity contribution is 7.00. The van der Waals surface area contributed by atoms with Gasteiger partial charge < -0.3 is 23.7 Å². The molecule has 1 aromatic heterocycles. The Kier molecular flexibility index (Phi) is 12.0. The van der Waals surface area contributed by atoms with E-state index in [9.17, 15) is 0 Å². The van der Waals surface area contributed by atoms with Gasteiger partial charge in [0.15, 0.2) is 11.5 Å². The number of aryl methyl sites for hydroxylation is 1. The zero-order valence-corrected chi connectivity index (χ0v) is 48.9. The molecule has 0 unspecified atom stereocenters. The van der Waals surface area contributed by atoms with Crippen LogP contribution >= 0.6 is 0 Å². The first-order valence-corrected chi connectivity index (χ1v) is 29.2. The Labute approximate surface area is 483 Å². The number of furan rings is 1. The van der Waals surface area contributed by atoms with Crippen LogP contribution in [-0.4, -0.2) is 19.9 Å². The number of benzene rings is 10. The topological polar surface area (TPSA) is 38.1 Å². The molecule has 0 spiro atoms. The zero-order chi connectivity index (χ0) is 56.4. The van der Waals surface area contributed by atoms with Crippen molar-refractivity contribution in [3.05, 3.63) is 222 Å². The quantitative estimate of drug-likeness (QED) is 0.155. The summed E-state index contributed by atoms with van der Waals surface area (Å²) >= 11 is 0. The lowest BCUT2D eigenvalue weighted by Gasteiger charge is -2.45. The number of ether oxygens (including phenoxy) is 2. The summed E-state index contributed by atoms with van der Waals surface area (Å²) < 4.78 is 19.8. The molecule has 404 valence electrons. The van der Waals surface area contributed by atoms with E-state index >= 15 is 0 Å². The van der Waals surface area contributed by atoms with Crippen molar-refractivity contribution in [2.45, 2.75) is 91.9 Å². The fourth-order valence-electron chi connectivity index (χ4n) is 12.9. The second kappa shape index (κ2) is 19.2. The van der Waals surface area contributed by atoms with Crippen LogP contribution in [-0.2, 0) is 16.2 Å². The molecule has 3 aliphatic heterocycles. The minimum absolute atomic E-state index is 0.0198. The highest BCUT2D eigenvalue weighted by Crippen LogP contribution is 2.51. The Morgan fingerprint density at radius 3 is 1.59 bits per heavy atom. The minimum Gasteiger partial charge on any atom is -0.490 e. The van der Waals surface area contributed by atoms with Crippen molar-refractivity contribution in [2.75, 3.05) is 23.0 Å². The molecule has 14 rings (SSSR count). The van der Waals surface area contributed by atoms with Crippen molar-refractivity contribution in [2.24, 2.45) is 0 Å². The van der Waals surface area contributed by atoms with E-state index in [1.807, 2.05) is 6.07 Å². The van der Waals surface area contributed by atoms with Crippen LogP contribution in [0.15, 0.2) is 205 Å². The van der Waals surface area contributed by atoms with Crippen molar-refractivity contribution in [1.29, 1.82) is 0 Å². The molecule has 10 aromatic carbocycles. The second-order valence-corrected chi connectivity index (χ2v) is 26.1. The van der Waals surface area contributed by atoms with Gasteiger partial charge in [-0.05, 0) is 174 Å². The normalized spacial score (nSPS) is 14.0. The number of rotatable bonds is 6. The van der Waals surface area contributed by atoms with Crippen LogP contribution in [0, 0.1) is 6.92 Å². The van der Waals surface area contributed by atoms with Gasteiger partial charge in [0.1, 0.15) is 11.2 Å². The number of hydrogen-bond acceptors (Lipinski definition) is 5. The molecule has 0 amide bonds. The maximum Gasteiger partial charge on any atom is 0.252 e. The van der Waals surface area contributed by atoms with Crippen molar-refractivity contribution in [3.63, 3.8) is 0 Å². The Bertz CT molecular complexity index is 4250. The van der Waals surface area contributed by atoms with Crippen LogP contribution in [0.5, 0.6) is 11.5 Å². The Hall–Kier alpha value is -8.74. The molecular weight excluding hydrogens is 1000 g/mol. The first-order chi connectivity index (χ1) is 39.4. The second-order valence-electron chi connectivity index (χ2n) is 26.1. The lowest BCUT2D eigenvalue weighted by Crippen LogP contribution is -2.61. The van der Waals surface area contributed by atoms with Crippen LogP contribution in [0.2, 0.25) is 0 Å². The Balaban J connectivity index is 1.06. The van der Waals surface area contributed by atoms with Gasteiger partial charge in [-0.15, -0.1) is 0 Å². The maximum atomic E-state index is 6.66. The van der Waals surface area contributed by atoms with Crippen molar-refractivity contribution >= 4 is 79.2 Å². The molecule has 0 aliphatic carbocycles. The van der Waals surface area contributed by atoms with E-state index in [0.29, 0.717) is 13.2 Å². The average Bonchev–Trinajstić information content (AvgIpc) is 1.36. The zero-order valence-electron chi connectivity index (χ0n) is 48.9. The first-order valence-electron chi connectivity index (χ1n) is 29.2. The third-order valence-electron chi connectivity index (χ3n) is 17.3. The number of fused-ring (bicyclic) bond motifs is 8. The maximum absolute atomic E-state index is 6.66. The molecule has 3 aliphatic rings. The largest absolute Gasteiger partial charge is 0.490 e. The van der Waals surface area contributed by atoms with Crippen LogP contribution < -0.4 is 35.7 Å². The van der Waals surface area contributed by atoms with Gasteiger partial charge in [-0.1, -0.05) is 184 Å². The van der Waals surface area contributed by atoms with Crippen LogP contribution in [0.4, 0.5) is 34.1 Å². The minimum atomic E-state index is -0.168. The van der Waals surface area contributed by atoms with Gasteiger partial charge in [0.05, 0.1) is 18.9 Å². The van der Waals surface area contributed by atoms with E-state index in [0.717, 1.165) is 102 Å². The average molecular weight is 1070 g/mol. The van der Waals surface area contributed by atoms with Gasteiger partial charge in [0.25, 0.3) is 6.71 Å². The number of anilines is 6.